The van der Waals surface area contributed by atoms with Gasteiger partial charge in [0.1, 0.15) is 6.61 Å². The van der Waals surface area contributed by atoms with Crippen LogP contribution in [0.1, 0.15) is 11.1 Å². The predicted molar refractivity (Wildman–Crippen MR) is 69.0 cm³/mol. The molecule has 0 atom stereocenters. The second-order valence-corrected chi connectivity index (χ2v) is 3.54. The highest BCUT2D eigenvalue weighted by atomic mass is 16.5. The molecule has 0 unspecified atom stereocenters. The van der Waals surface area contributed by atoms with E-state index >= 15 is 0 Å². The lowest BCUT2D eigenvalue weighted by Gasteiger charge is -2.08. The Morgan fingerprint density at radius 3 is 2.44 bits per heavy atom. The molecule has 2 aromatic carbocycles. The molecule has 0 aliphatic carbocycles. The third-order valence-corrected chi connectivity index (χ3v) is 2.62. The maximum atomic E-state index is 5.24. The van der Waals surface area contributed by atoms with Crippen LogP contribution in [0.4, 0.5) is 0 Å². The van der Waals surface area contributed by atoms with Gasteiger partial charge in [0.05, 0.1) is 6.26 Å². The Hall–Kier alpha value is -2.02. The highest BCUT2D eigenvalue weighted by molar-refractivity contribution is 5.92. The van der Waals surface area contributed by atoms with Crippen molar-refractivity contribution >= 4 is 16.8 Å². The van der Waals surface area contributed by atoms with E-state index in [0.29, 0.717) is 6.61 Å². The number of benzene rings is 2. The lowest BCUT2D eigenvalue weighted by Crippen LogP contribution is -1.90. The van der Waals surface area contributed by atoms with Gasteiger partial charge in [-0.3, -0.25) is 0 Å². The Balaban J connectivity index is 2.59. The van der Waals surface area contributed by atoms with Gasteiger partial charge in [-0.2, -0.15) is 0 Å². The molecule has 0 amide bonds. The molecule has 0 fully saturated rings. The summed E-state index contributed by atoms with van der Waals surface area (Å²) < 4.78 is 5.24. The summed E-state index contributed by atoms with van der Waals surface area (Å²) in [4.78, 5) is 0. The lowest BCUT2D eigenvalue weighted by atomic mass is 10.00. The van der Waals surface area contributed by atoms with Gasteiger partial charge in [0.25, 0.3) is 0 Å². The fourth-order valence-corrected chi connectivity index (χ4v) is 1.84. The first-order chi connectivity index (χ1) is 7.86. The summed E-state index contributed by atoms with van der Waals surface area (Å²) in [6, 6.07) is 12.4. The first-order valence-corrected chi connectivity index (χ1v) is 5.22. The molecule has 2 aromatic rings. The van der Waals surface area contributed by atoms with Crippen molar-refractivity contribution < 1.29 is 4.74 Å². The summed E-state index contributed by atoms with van der Waals surface area (Å²) in [5, 5.41) is 2.42. The third kappa shape index (κ3) is 1.84. The van der Waals surface area contributed by atoms with Crippen LogP contribution >= 0.6 is 0 Å². The molecule has 0 aliphatic rings. The van der Waals surface area contributed by atoms with E-state index < -0.39 is 0 Å². The zero-order valence-electron chi connectivity index (χ0n) is 9.15. The number of fused-ring (bicyclic) bond motifs is 1. The van der Waals surface area contributed by atoms with Crippen LogP contribution in [0.5, 0.6) is 0 Å². The fourth-order valence-electron chi connectivity index (χ4n) is 1.84. The van der Waals surface area contributed by atoms with Crippen LogP contribution in [0.3, 0.4) is 0 Å². The number of ether oxygens (including phenoxy) is 1. The maximum Gasteiger partial charge on any atom is 0.113 e. The normalized spacial score (nSPS) is 10.0. The average molecular weight is 210 g/mol. The third-order valence-electron chi connectivity index (χ3n) is 2.62. The molecule has 0 bridgehead atoms. The van der Waals surface area contributed by atoms with E-state index in [1.165, 1.54) is 22.6 Å². The molecule has 0 radical (unpaired) electrons. The van der Waals surface area contributed by atoms with Gasteiger partial charge in [-0.25, -0.2) is 0 Å². The van der Waals surface area contributed by atoms with Gasteiger partial charge < -0.3 is 4.74 Å². The Morgan fingerprint density at radius 2 is 1.75 bits per heavy atom. The molecule has 0 saturated carbocycles. The SMILES string of the molecule is C=COCc1ccc(C=C)c2ccccc12. The van der Waals surface area contributed by atoms with Crippen LogP contribution in [0.15, 0.2) is 55.8 Å². The molecule has 0 N–H and O–H groups in total. The fraction of sp³-hybridized carbons (Fsp3) is 0.0667. The summed E-state index contributed by atoms with van der Waals surface area (Å²) in [5.41, 5.74) is 2.32. The van der Waals surface area contributed by atoms with Gasteiger partial charge >= 0.3 is 0 Å². The molecule has 0 saturated heterocycles. The van der Waals surface area contributed by atoms with Gasteiger partial charge in [0.2, 0.25) is 0 Å². The van der Waals surface area contributed by atoms with Gasteiger partial charge in [-0.1, -0.05) is 55.6 Å². The Kier molecular flexibility index (Phi) is 3.06. The number of hydrogen-bond donors (Lipinski definition) is 0. The van der Waals surface area contributed by atoms with E-state index in [-0.39, 0.29) is 0 Å². The lowest BCUT2D eigenvalue weighted by molar-refractivity contribution is 0.239. The molecule has 80 valence electrons. The molecule has 0 heterocycles. The number of hydrogen-bond acceptors (Lipinski definition) is 1. The van der Waals surface area contributed by atoms with Gasteiger partial charge in [0.15, 0.2) is 0 Å². The molecule has 0 aromatic heterocycles. The Labute approximate surface area is 95.7 Å². The van der Waals surface area contributed by atoms with Crippen LogP contribution in [-0.2, 0) is 11.3 Å². The van der Waals surface area contributed by atoms with Gasteiger partial charge in [-0.05, 0) is 21.9 Å². The predicted octanol–water partition coefficient (Wildman–Crippen LogP) is 4.14. The first kappa shape index (κ1) is 10.5. The first-order valence-electron chi connectivity index (χ1n) is 5.22. The monoisotopic (exact) mass is 210 g/mol. The van der Waals surface area contributed by atoms with Crippen LogP contribution in [0.25, 0.3) is 16.8 Å². The molecule has 1 nitrogen and oxygen atoms in total. The van der Waals surface area contributed by atoms with E-state index in [9.17, 15) is 0 Å². The quantitative estimate of drug-likeness (QED) is 0.689. The smallest absolute Gasteiger partial charge is 0.113 e. The van der Waals surface area contributed by atoms with Crippen LogP contribution in [0, 0.1) is 0 Å². The van der Waals surface area contributed by atoms with Crippen molar-refractivity contribution in [1.82, 2.24) is 0 Å². The average Bonchev–Trinajstić information content (AvgIpc) is 2.36. The zero-order valence-corrected chi connectivity index (χ0v) is 9.15. The largest absolute Gasteiger partial charge is 0.497 e. The van der Waals surface area contributed by atoms with Crippen molar-refractivity contribution in [3.8, 4) is 0 Å². The van der Waals surface area contributed by atoms with E-state index in [1.54, 1.807) is 0 Å². The second-order valence-electron chi connectivity index (χ2n) is 3.54. The van der Waals surface area contributed by atoms with Crippen molar-refractivity contribution in [1.29, 1.82) is 0 Å². The van der Waals surface area contributed by atoms with Crippen molar-refractivity contribution in [3.05, 3.63) is 66.9 Å². The molecule has 0 aliphatic heterocycles. The minimum Gasteiger partial charge on any atom is -0.497 e. The summed E-state index contributed by atoms with van der Waals surface area (Å²) >= 11 is 0. The Morgan fingerprint density at radius 1 is 1.00 bits per heavy atom. The number of rotatable bonds is 4. The van der Waals surface area contributed by atoms with E-state index in [4.69, 9.17) is 4.74 Å². The van der Waals surface area contributed by atoms with E-state index in [1.807, 2.05) is 18.2 Å². The molecule has 2 rings (SSSR count). The highest BCUT2D eigenvalue weighted by Crippen LogP contribution is 2.24. The van der Waals surface area contributed by atoms with Gasteiger partial charge in [-0.15, -0.1) is 0 Å². The minimum absolute atomic E-state index is 0.557. The van der Waals surface area contributed by atoms with Crippen LogP contribution in [0.2, 0.25) is 0 Å². The van der Waals surface area contributed by atoms with Gasteiger partial charge in [0, 0.05) is 0 Å². The van der Waals surface area contributed by atoms with E-state index in [2.05, 4.69) is 37.4 Å². The summed E-state index contributed by atoms with van der Waals surface area (Å²) in [7, 11) is 0. The topological polar surface area (TPSA) is 9.23 Å². The second kappa shape index (κ2) is 4.67. The highest BCUT2D eigenvalue weighted by Gasteiger charge is 2.03. The maximum absolute atomic E-state index is 5.24. The van der Waals surface area contributed by atoms with Crippen molar-refractivity contribution in [2.75, 3.05) is 0 Å². The summed E-state index contributed by atoms with van der Waals surface area (Å²) in [6.07, 6.45) is 3.34. The summed E-state index contributed by atoms with van der Waals surface area (Å²) in [6.45, 7) is 7.93. The van der Waals surface area contributed by atoms with Crippen LogP contribution < -0.4 is 0 Å². The standard InChI is InChI=1S/C15H14O/c1-3-12-9-10-13(11-16-4-2)15-8-6-5-7-14(12)15/h3-10H,1-2,11H2. The van der Waals surface area contributed by atoms with E-state index in [0.717, 1.165) is 5.56 Å². The molecule has 1 heteroatoms. The molecule has 16 heavy (non-hydrogen) atoms. The molecular weight excluding hydrogens is 196 g/mol. The molecule has 0 spiro atoms. The van der Waals surface area contributed by atoms with Crippen molar-refractivity contribution in [2.45, 2.75) is 6.61 Å². The zero-order chi connectivity index (χ0) is 11.4. The van der Waals surface area contributed by atoms with Crippen molar-refractivity contribution in [3.63, 3.8) is 0 Å². The minimum atomic E-state index is 0.557. The Bertz CT molecular complexity index is 526. The van der Waals surface area contributed by atoms with Crippen LogP contribution in [-0.4, -0.2) is 0 Å². The van der Waals surface area contributed by atoms with Crippen molar-refractivity contribution in [2.24, 2.45) is 0 Å². The summed E-state index contributed by atoms with van der Waals surface area (Å²) in [5.74, 6) is 0. The molecular formula is C15H14O.